The number of carbonyl (C=O) groups is 2. The first-order valence-electron chi connectivity index (χ1n) is 11.4. The third kappa shape index (κ3) is 4.96. The number of halogens is 3. The first kappa shape index (κ1) is 25.3. The monoisotopic (exact) mass is 501 g/mol. The minimum atomic E-state index is -4.45. The maximum Gasteiger partial charge on any atom is 0.416 e. The molecule has 2 aliphatic rings. The summed E-state index contributed by atoms with van der Waals surface area (Å²) in [5.41, 5.74) is 1.97. The van der Waals surface area contributed by atoms with Gasteiger partial charge in [-0.1, -0.05) is 24.3 Å². The van der Waals surface area contributed by atoms with Crippen LogP contribution in [0.15, 0.2) is 65.5 Å². The Balaban J connectivity index is 1.67. The highest BCUT2D eigenvalue weighted by atomic mass is 19.4. The number of esters is 1. The Kier molecular flexibility index (Phi) is 7.10. The van der Waals surface area contributed by atoms with E-state index in [1.54, 1.807) is 31.2 Å². The van der Waals surface area contributed by atoms with Gasteiger partial charge in [0.05, 0.1) is 31.3 Å². The van der Waals surface area contributed by atoms with Crippen molar-refractivity contribution in [2.24, 2.45) is 5.92 Å². The molecule has 0 saturated carbocycles. The summed E-state index contributed by atoms with van der Waals surface area (Å²) in [4.78, 5) is 25.7. The molecule has 0 aromatic heterocycles. The molecule has 0 radical (unpaired) electrons. The molecule has 36 heavy (non-hydrogen) atoms. The molecular formula is C27H26F3NO5. The topological polar surface area (TPSA) is 73.9 Å². The molecule has 0 bridgehead atoms. The molecule has 1 heterocycles. The Morgan fingerprint density at radius 3 is 2.56 bits per heavy atom. The highest BCUT2D eigenvalue weighted by Crippen LogP contribution is 2.45. The highest BCUT2D eigenvalue weighted by molar-refractivity contribution is 5.96. The summed E-state index contributed by atoms with van der Waals surface area (Å²) in [6, 6.07) is 9.96. The molecule has 2 unspecified atom stereocenters. The summed E-state index contributed by atoms with van der Waals surface area (Å²) in [6.07, 6.45) is -1.48. The number of hydrogen-bond donors (Lipinski definition) is 1. The number of alkyl halides is 3. The Morgan fingerprint density at radius 2 is 1.86 bits per heavy atom. The molecule has 1 aliphatic heterocycles. The van der Waals surface area contributed by atoms with Gasteiger partial charge in [0.2, 0.25) is 0 Å². The molecule has 2 aromatic carbocycles. The van der Waals surface area contributed by atoms with Gasteiger partial charge in [-0.2, -0.15) is 13.2 Å². The lowest BCUT2D eigenvalue weighted by Crippen LogP contribution is -2.40. The van der Waals surface area contributed by atoms with Gasteiger partial charge in [0, 0.05) is 23.7 Å². The van der Waals surface area contributed by atoms with Crippen LogP contribution in [-0.2, 0) is 27.1 Å². The molecule has 2 aromatic rings. The number of rotatable bonds is 6. The van der Waals surface area contributed by atoms with Gasteiger partial charge < -0.3 is 19.5 Å². The number of nitrogens with one attached hydrogen (secondary N) is 1. The maximum atomic E-state index is 13.0. The summed E-state index contributed by atoms with van der Waals surface area (Å²) in [7, 11) is 2.73. The van der Waals surface area contributed by atoms with Crippen LogP contribution in [0, 0.1) is 5.92 Å². The number of ether oxygens (including phenoxy) is 3. The highest BCUT2D eigenvalue weighted by Gasteiger charge is 2.43. The van der Waals surface area contributed by atoms with E-state index < -0.39 is 29.5 Å². The Morgan fingerprint density at radius 1 is 1.08 bits per heavy atom. The molecule has 0 spiro atoms. The second kappa shape index (κ2) is 10.1. The Hall–Kier alpha value is -3.75. The van der Waals surface area contributed by atoms with Crippen LogP contribution in [-0.4, -0.2) is 26.0 Å². The number of ketones is 1. The third-order valence-corrected chi connectivity index (χ3v) is 6.42. The van der Waals surface area contributed by atoms with Crippen molar-refractivity contribution in [2.75, 3.05) is 14.2 Å². The first-order valence-corrected chi connectivity index (χ1v) is 11.4. The lowest BCUT2D eigenvalue weighted by Gasteiger charge is -2.38. The normalized spacial score (nSPS) is 19.7. The lowest BCUT2D eigenvalue weighted by atomic mass is 9.71. The molecule has 4 rings (SSSR count). The molecule has 0 fully saturated rings. The van der Waals surface area contributed by atoms with Gasteiger partial charge in [-0.15, -0.1) is 0 Å². The van der Waals surface area contributed by atoms with Crippen LogP contribution in [0.2, 0.25) is 0 Å². The van der Waals surface area contributed by atoms with Crippen LogP contribution in [0.3, 0.4) is 0 Å². The summed E-state index contributed by atoms with van der Waals surface area (Å²) in [5, 5.41) is 3.19. The van der Waals surface area contributed by atoms with Crippen molar-refractivity contribution >= 4 is 11.8 Å². The van der Waals surface area contributed by atoms with Crippen LogP contribution in [0.4, 0.5) is 13.2 Å². The molecular weight excluding hydrogens is 475 g/mol. The van der Waals surface area contributed by atoms with Gasteiger partial charge in [-0.3, -0.25) is 4.79 Å². The fourth-order valence-electron chi connectivity index (χ4n) is 4.75. The largest absolute Gasteiger partial charge is 0.493 e. The van der Waals surface area contributed by atoms with Crippen LogP contribution in [0.5, 0.6) is 11.5 Å². The number of methoxy groups -OCH3 is 2. The number of carbonyl (C=O) groups excluding carboxylic acids is 2. The first-order chi connectivity index (χ1) is 17.1. The number of fused-ring (bicyclic) bond motifs is 1. The fraction of sp³-hybridized carbons (Fsp3) is 0.333. The number of hydrogen-bond acceptors (Lipinski definition) is 6. The molecule has 1 N–H and O–H groups in total. The maximum absolute atomic E-state index is 13.0. The van der Waals surface area contributed by atoms with Crippen LogP contribution < -0.4 is 14.8 Å². The third-order valence-electron chi connectivity index (χ3n) is 6.42. The van der Waals surface area contributed by atoms with E-state index in [-0.39, 0.29) is 12.4 Å². The van der Waals surface area contributed by atoms with Gasteiger partial charge in [-0.25, -0.2) is 4.79 Å². The average molecular weight is 502 g/mol. The zero-order valence-corrected chi connectivity index (χ0v) is 20.1. The van der Waals surface area contributed by atoms with Gasteiger partial charge in [0.15, 0.2) is 11.5 Å². The van der Waals surface area contributed by atoms with E-state index in [4.69, 9.17) is 14.2 Å². The van der Waals surface area contributed by atoms with E-state index in [0.717, 1.165) is 17.8 Å². The van der Waals surface area contributed by atoms with E-state index in [0.29, 0.717) is 46.7 Å². The van der Waals surface area contributed by atoms with E-state index in [1.807, 2.05) is 6.08 Å². The van der Waals surface area contributed by atoms with Crippen LogP contribution in [0.25, 0.3) is 0 Å². The van der Waals surface area contributed by atoms with E-state index in [9.17, 15) is 22.8 Å². The molecule has 2 atom stereocenters. The van der Waals surface area contributed by atoms with Crippen molar-refractivity contribution in [3.8, 4) is 11.5 Å². The summed E-state index contributed by atoms with van der Waals surface area (Å²) >= 11 is 0. The van der Waals surface area contributed by atoms with Crippen LogP contribution >= 0.6 is 0 Å². The minimum absolute atomic E-state index is 0.0164. The van der Waals surface area contributed by atoms with Gasteiger partial charge in [0.25, 0.3) is 0 Å². The minimum Gasteiger partial charge on any atom is -0.493 e. The smallest absolute Gasteiger partial charge is 0.416 e. The standard InChI is InChI=1S/C27H26F3NO5/c1-15-23(26(33)35-3)24(25-19(31-15)8-5-9-20(25)32)17-10-11-21(22(13-17)34-2)36-14-16-6-4-7-18(12-16)27(28,29)30/h4,6-8,10-13,24-25,31H,5,9,14H2,1-3H3. The molecule has 0 saturated heterocycles. The summed E-state index contributed by atoms with van der Waals surface area (Å²) in [5.74, 6) is -1.04. The van der Waals surface area contributed by atoms with Gasteiger partial charge >= 0.3 is 12.1 Å². The van der Waals surface area contributed by atoms with Crippen molar-refractivity contribution in [3.63, 3.8) is 0 Å². The van der Waals surface area contributed by atoms with Gasteiger partial charge in [0.1, 0.15) is 12.4 Å². The van der Waals surface area contributed by atoms with Crippen LogP contribution in [0.1, 0.15) is 42.4 Å². The molecule has 6 nitrogen and oxygen atoms in total. The van der Waals surface area contributed by atoms with Crippen molar-refractivity contribution in [3.05, 3.63) is 82.2 Å². The van der Waals surface area contributed by atoms with Crippen molar-refractivity contribution in [1.29, 1.82) is 0 Å². The molecule has 0 amide bonds. The van der Waals surface area contributed by atoms with E-state index >= 15 is 0 Å². The Bertz CT molecular complexity index is 1250. The fourth-order valence-corrected chi connectivity index (χ4v) is 4.75. The predicted octanol–water partition coefficient (Wildman–Crippen LogP) is 5.29. The summed E-state index contributed by atoms with van der Waals surface area (Å²) in [6.45, 7) is 1.66. The SMILES string of the molecule is COC(=O)C1=C(C)NC2=CCCC(=O)C2C1c1ccc(OCc2cccc(C(F)(F)F)c2)c(OC)c1. The van der Waals surface area contributed by atoms with Gasteiger partial charge in [-0.05, 0) is 48.7 Å². The van der Waals surface area contributed by atoms with E-state index in [2.05, 4.69) is 5.32 Å². The average Bonchev–Trinajstić information content (AvgIpc) is 2.86. The Labute approximate surface area is 206 Å². The van der Waals surface area contributed by atoms with Crippen molar-refractivity contribution < 1.29 is 37.0 Å². The molecule has 9 heteroatoms. The summed E-state index contributed by atoms with van der Waals surface area (Å²) < 4.78 is 55.4. The second-order valence-electron chi connectivity index (χ2n) is 8.67. The zero-order chi connectivity index (χ0) is 26.0. The predicted molar refractivity (Wildman–Crippen MR) is 125 cm³/mol. The molecule has 1 aliphatic carbocycles. The second-order valence-corrected chi connectivity index (χ2v) is 8.67. The quantitative estimate of drug-likeness (QED) is 0.543. The lowest BCUT2D eigenvalue weighted by molar-refractivity contribution is -0.138. The molecule has 190 valence electrons. The van der Waals surface area contributed by atoms with Crippen molar-refractivity contribution in [1.82, 2.24) is 5.32 Å². The number of allylic oxidation sites excluding steroid dienone is 3. The zero-order valence-electron chi connectivity index (χ0n) is 20.1. The number of benzene rings is 2. The number of Topliss-reactive ketones (excluding diaryl/α,β-unsaturated/α-hetero) is 1. The van der Waals surface area contributed by atoms with Crippen molar-refractivity contribution in [2.45, 2.75) is 38.5 Å². The van der Waals surface area contributed by atoms with E-state index in [1.165, 1.54) is 20.3 Å².